The van der Waals surface area contributed by atoms with Crippen LogP contribution in [-0.4, -0.2) is 25.1 Å². The third-order valence-corrected chi connectivity index (χ3v) is 4.11. The van der Waals surface area contributed by atoms with Crippen LogP contribution in [0, 0.1) is 13.8 Å². The molecule has 1 aromatic heterocycles. The van der Waals surface area contributed by atoms with Crippen LogP contribution in [0.15, 0.2) is 18.2 Å². The second kappa shape index (κ2) is 6.58. The van der Waals surface area contributed by atoms with Crippen LogP contribution < -0.4 is 14.8 Å². The van der Waals surface area contributed by atoms with Crippen LogP contribution in [-0.2, 0) is 11.2 Å². The van der Waals surface area contributed by atoms with E-state index in [1.54, 1.807) is 20.3 Å². The molecule has 0 radical (unpaired) electrons. The van der Waals surface area contributed by atoms with E-state index in [1.807, 2.05) is 26.0 Å². The average molecular weight is 306 g/mol. The van der Waals surface area contributed by atoms with Crippen molar-refractivity contribution < 1.29 is 14.3 Å². The Labute approximate surface area is 127 Å². The van der Waals surface area contributed by atoms with Gasteiger partial charge in [-0.15, -0.1) is 11.3 Å². The van der Waals surface area contributed by atoms with Crippen molar-refractivity contribution in [1.82, 2.24) is 4.98 Å². The van der Waals surface area contributed by atoms with Gasteiger partial charge in [0.25, 0.3) is 0 Å². The quantitative estimate of drug-likeness (QED) is 0.922. The monoisotopic (exact) mass is 306 g/mol. The summed E-state index contributed by atoms with van der Waals surface area (Å²) >= 11 is 1.47. The predicted octanol–water partition coefficient (Wildman–Crippen LogP) is 2.96. The molecule has 2 rings (SSSR count). The molecule has 6 heteroatoms. The predicted molar refractivity (Wildman–Crippen MR) is 83.5 cm³/mol. The molecule has 5 nitrogen and oxygen atoms in total. The van der Waals surface area contributed by atoms with Crippen LogP contribution in [0.4, 0.5) is 5.13 Å². The summed E-state index contributed by atoms with van der Waals surface area (Å²) in [5.74, 6) is 1.21. The van der Waals surface area contributed by atoms with Crippen molar-refractivity contribution in [3.05, 3.63) is 34.3 Å². The fourth-order valence-electron chi connectivity index (χ4n) is 1.86. The molecule has 0 spiro atoms. The molecule has 0 atom stereocenters. The highest BCUT2D eigenvalue weighted by molar-refractivity contribution is 7.15. The van der Waals surface area contributed by atoms with E-state index in [1.165, 1.54) is 11.3 Å². The number of benzene rings is 1. The van der Waals surface area contributed by atoms with Gasteiger partial charge in [-0.2, -0.15) is 0 Å². The standard InChI is InChI=1S/C15H18N2O3S/c1-9-10(2)21-15(16-9)17-14(18)7-11-5-6-12(19-3)8-13(11)20-4/h5-6,8H,7H2,1-4H3,(H,16,17,18). The van der Waals surface area contributed by atoms with Gasteiger partial charge in [0.05, 0.1) is 26.3 Å². The van der Waals surface area contributed by atoms with E-state index >= 15 is 0 Å². The molecular formula is C15H18N2O3S. The molecule has 112 valence electrons. The van der Waals surface area contributed by atoms with E-state index in [-0.39, 0.29) is 12.3 Å². The normalized spacial score (nSPS) is 10.3. The number of hydrogen-bond acceptors (Lipinski definition) is 5. The minimum absolute atomic E-state index is 0.118. The Kier molecular flexibility index (Phi) is 4.80. The first-order chi connectivity index (χ1) is 10.0. The number of carbonyl (C=O) groups excluding carboxylic acids is 1. The largest absolute Gasteiger partial charge is 0.497 e. The topological polar surface area (TPSA) is 60.5 Å². The summed E-state index contributed by atoms with van der Waals surface area (Å²) in [6, 6.07) is 5.40. The lowest BCUT2D eigenvalue weighted by atomic mass is 10.1. The van der Waals surface area contributed by atoms with Crippen molar-refractivity contribution in [3.8, 4) is 11.5 Å². The molecule has 0 bridgehead atoms. The van der Waals surface area contributed by atoms with Gasteiger partial charge in [-0.05, 0) is 19.9 Å². The van der Waals surface area contributed by atoms with Crippen LogP contribution >= 0.6 is 11.3 Å². The zero-order chi connectivity index (χ0) is 15.4. The van der Waals surface area contributed by atoms with E-state index in [9.17, 15) is 4.79 Å². The SMILES string of the molecule is COc1ccc(CC(=O)Nc2nc(C)c(C)s2)c(OC)c1. The van der Waals surface area contributed by atoms with Crippen molar-refractivity contribution in [2.24, 2.45) is 0 Å². The Morgan fingerprint density at radius 3 is 2.62 bits per heavy atom. The molecule has 0 aliphatic heterocycles. The molecule has 1 N–H and O–H groups in total. The zero-order valence-electron chi connectivity index (χ0n) is 12.5. The van der Waals surface area contributed by atoms with Crippen LogP contribution in [0.3, 0.4) is 0 Å². The molecular weight excluding hydrogens is 288 g/mol. The molecule has 1 heterocycles. The van der Waals surface area contributed by atoms with E-state index in [2.05, 4.69) is 10.3 Å². The van der Waals surface area contributed by atoms with Crippen LogP contribution in [0.2, 0.25) is 0 Å². The van der Waals surface area contributed by atoms with Gasteiger partial charge >= 0.3 is 0 Å². The summed E-state index contributed by atoms with van der Waals surface area (Å²) in [5, 5.41) is 3.44. The summed E-state index contributed by atoms with van der Waals surface area (Å²) in [6.45, 7) is 3.91. The molecule has 21 heavy (non-hydrogen) atoms. The second-order valence-electron chi connectivity index (χ2n) is 4.56. The molecule has 0 unspecified atom stereocenters. The summed E-state index contributed by atoms with van der Waals surface area (Å²) in [7, 11) is 3.16. The lowest BCUT2D eigenvalue weighted by Gasteiger charge is -2.10. The number of anilines is 1. The molecule has 0 aliphatic rings. The van der Waals surface area contributed by atoms with Crippen LogP contribution in [0.5, 0.6) is 11.5 Å². The molecule has 0 saturated carbocycles. The van der Waals surface area contributed by atoms with Crippen molar-refractivity contribution in [3.63, 3.8) is 0 Å². The Hall–Kier alpha value is -2.08. The fraction of sp³-hybridized carbons (Fsp3) is 0.333. The van der Waals surface area contributed by atoms with Crippen LogP contribution in [0.25, 0.3) is 0 Å². The van der Waals surface area contributed by atoms with Gasteiger partial charge in [-0.3, -0.25) is 4.79 Å². The van der Waals surface area contributed by atoms with Gasteiger partial charge in [0.2, 0.25) is 5.91 Å². The highest BCUT2D eigenvalue weighted by Crippen LogP contribution is 2.26. The van der Waals surface area contributed by atoms with Gasteiger partial charge < -0.3 is 14.8 Å². The van der Waals surface area contributed by atoms with E-state index < -0.39 is 0 Å². The lowest BCUT2D eigenvalue weighted by molar-refractivity contribution is -0.115. The first-order valence-corrected chi connectivity index (χ1v) is 7.30. The molecule has 2 aromatic rings. The molecule has 1 amide bonds. The minimum atomic E-state index is -0.118. The number of methoxy groups -OCH3 is 2. The van der Waals surface area contributed by atoms with E-state index in [0.717, 1.165) is 16.1 Å². The van der Waals surface area contributed by atoms with Gasteiger partial charge in [-0.25, -0.2) is 4.98 Å². The Morgan fingerprint density at radius 1 is 1.29 bits per heavy atom. The second-order valence-corrected chi connectivity index (χ2v) is 5.77. The number of nitrogens with one attached hydrogen (secondary N) is 1. The maximum absolute atomic E-state index is 12.1. The maximum atomic E-state index is 12.1. The van der Waals surface area contributed by atoms with Crippen molar-refractivity contribution in [2.45, 2.75) is 20.3 Å². The molecule has 0 aliphatic carbocycles. The highest BCUT2D eigenvalue weighted by Gasteiger charge is 2.12. The average Bonchev–Trinajstić information content (AvgIpc) is 2.77. The summed E-state index contributed by atoms with van der Waals surface area (Å²) in [6.07, 6.45) is 0.227. The smallest absolute Gasteiger partial charge is 0.230 e. The number of nitrogens with zero attached hydrogens (tertiary/aromatic N) is 1. The first kappa shape index (κ1) is 15.3. The molecule has 1 aromatic carbocycles. The van der Waals surface area contributed by atoms with Crippen molar-refractivity contribution in [1.29, 1.82) is 0 Å². The Bertz CT molecular complexity index is 633. The van der Waals surface area contributed by atoms with Crippen molar-refractivity contribution >= 4 is 22.4 Å². The fourth-order valence-corrected chi connectivity index (χ4v) is 2.69. The molecule has 0 saturated heterocycles. The summed E-state index contributed by atoms with van der Waals surface area (Å²) in [5.41, 5.74) is 1.75. The van der Waals surface area contributed by atoms with Gasteiger partial charge in [0.15, 0.2) is 5.13 Å². The third kappa shape index (κ3) is 3.72. The van der Waals surface area contributed by atoms with E-state index in [0.29, 0.717) is 16.6 Å². The number of rotatable bonds is 5. The Balaban J connectivity index is 2.08. The molecule has 0 fully saturated rings. The first-order valence-electron chi connectivity index (χ1n) is 6.48. The number of hydrogen-bond donors (Lipinski definition) is 1. The lowest BCUT2D eigenvalue weighted by Crippen LogP contribution is -2.14. The third-order valence-electron chi connectivity index (χ3n) is 3.12. The number of thiazole rings is 1. The van der Waals surface area contributed by atoms with Crippen molar-refractivity contribution in [2.75, 3.05) is 19.5 Å². The number of amides is 1. The van der Waals surface area contributed by atoms with Gasteiger partial charge in [0, 0.05) is 16.5 Å². The maximum Gasteiger partial charge on any atom is 0.230 e. The summed E-state index contributed by atoms with van der Waals surface area (Å²) < 4.78 is 10.4. The summed E-state index contributed by atoms with van der Waals surface area (Å²) in [4.78, 5) is 17.5. The zero-order valence-corrected chi connectivity index (χ0v) is 13.3. The van der Waals surface area contributed by atoms with E-state index in [4.69, 9.17) is 9.47 Å². The number of ether oxygens (including phenoxy) is 2. The number of carbonyl (C=O) groups is 1. The Morgan fingerprint density at radius 2 is 2.05 bits per heavy atom. The minimum Gasteiger partial charge on any atom is -0.497 e. The number of aromatic nitrogens is 1. The highest BCUT2D eigenvalue weighted by atomic mass is 32.1. The number of aryl methyl sites for hydroxylation is 2. The van der Waals surface area contributed by atoms with Crippen LogP contribution in [0.1, 0.15) is 16.1 Å². The van der Waals surface area contributed by atoms with Gasteiger partial charge in [0.1, 0.15) is 11.5 Å². The van der Waals surface area contributed by atoms with Gasteiger partial charge in [-0.1, -0.05) is 6.07 Å².